The van der Waals surface area contributed by atoms with E-state index in [0.29, 0.717) is 30.3 Å². The number of benzene rings is 1. The number of rotatable bonds is 7. The molecule has 0 saturated carbocycles. The van der Waals surface area contributed by atoms with Gasteiger partial charge in [0.2, 0.25) is 0 Å². The van der Waals surface area contributed by atoms with Crippen LogP contribution < -0.4 is 10.6 Å². The van der Waals surface area contributed by atoms with Gasteiger partial charge in [-0.2, -0.15) is 10.4 Å². The Bertz CT molecular complexity index is 887. The molecule has 1 heterocycles. The molecule has 1 aromatic heterocycles. The van der Waals surface area contributed by atoms with Crippen molar-refractivity contribution in [2.45, 2.75) is 39.5 Å². The number of ether oxygens (including phenoxy) is 1. The molecule has 0 radical (unpaired) electrons. The van der Waals surface area contributed by atoms with Gasteiger partial charge in [0, 0.05) is 27.2 Å². The largest absolute Gasteiger partial charge is 0.444 e. The van der Waals surface area contributed by atoms with Gasteiger partial charge in [0.05, 0.1) is 6.34 Å². The summed E-state index contributed by atoms with van der Waals surface area (Å²) in [6.07, 6.45) is 1.15. The highest BCUT2D eigenvalue weighted by atomic mass is 16.6. The van der Waals surface area contributed by atoms with Crippen LogP contribution in [0.3, 0.4) is 0 Å². The Morgan fingerprint density at radius 1 is 1.28 bits per heavy atom. The predicted octanol–water partition coefficient (Wildman–Crippen LogP) is 3.14. The number of hydrogen-bond donors (Lipinski definition) is 3. The second kappa shape index (κ2) is 9.59. The number of carbonyl (C=O) groups excluding carboxylic acids is 1. The molecule has 2 aromatic rings. The standard InChI is InChI=1S/C20H27N7O2/c1-20(2,3)29-19(28)23-12-15-8-6-14(7-9-15)11-22-17-16(10-21)18(26-25-17)24-13-27(4)5/h6-9,13H,11-12H2,1-5H3,(H,23,28)(H2,22,25,26). The van der Waals surface area contributed by atoms with Gasteiger partial charge in [-0.05, 0) is 31.9 Å². The number of hydrogen-bond acceptors (Lipinski definition) is 6. The molecule has 1 amide bonds. The summed E-state index contributed by atoms with van der Waals surface area (Å²) in [5.41, 5.74) is 1.81. The molecular formula is C20H27N7O2. The lowest BCUT2D eigenvalue weighted by Gasteiger charge is -2.19. The average Bonchev–Trinajstić information content (AvgIpc) is 3.04. The number of aliphatic imine (C=N–C) groups is 1. The number of carbonyl (C=O) groups is 1. The van der Waals surface area contributed by atoms with E-state index in [0.717, 1.165) is 11.1 Å². The molecule has 0 fully saturated rings. The summed E-state index contributed by atoms with van der Waals surface area (Å²) < 4.78 is 5.22. The minimum atomic E-state index is -0.522. The van der Waals surface area contributed by atoms with Gasteiger partial charge in [-0.25, -0.2) is 9.79 Å². The Labute approximate surface area is 170 Å². The summed E-state index contributed by atoms with van der Waals surface area (Å²) in [6, 6.07) is 9.87. The molecule has 2 rings (SSSR count). The molecule has 3 N–H and O–H groups in total. The summed E-state index contributed by atoms with van der Waals surface area (Å²) >= 11 is 0. The van der Waals surface area contributed by atoms with E-state index < -0.39 is 11.7 Å². The van der Waals surface area contributed by atoms with E-state index >= 15 is 0 Å². The number of alkyl carbamates (subject to hydrolysis) is 1. The van der Waals surface area contributed by atoms with Crippen LogP contribution in [-0.4, -0.2) is 47.2 Å². The number of nitrogens with one attached hydrogen (secondary N) is 3. The zero-order valence-corrected chi connectivity index (χ0v) is 17.4. The first kappa shape index (κ1) is 21.8. The fourth-order valence-corrected chi connectivity index (χ4v) is 2.28. The molecule has 0 aliphatic heterocycles. The molecule has 0 atom stereocenters. The average molecular weight is 397 g/mol. The molecule has 0 bridgehead atoms. The lowest BCUT2D eigenvalue weighted by atomic mass is 10.1. The highest BCUT2D eigenvalue weighted by Gasteiger charge is 2.15. The Balaban J connectivity index is 1.91. The first-order valence-corrected chi connectivity index (χ1v) is 9.15. The highest BCUT2D eigenvalue weighted by Crippen LogP contribution is 2.22. The van der Waals surface area contributed by atoms with Crippen LogP contribution >= 0.6 is 0 Å². The van der Waals surface area contributed by atoms with Crippen LogP contribution in [0.1, 0.15) is 37.5 Å². The van der Waals surface area contributed by atoms with Crippen molar-refractivity contribution in [1.29, 1.82) is 5.26 Å². The number of anilines is 1. The number of amides is 1. The second-order valence-corrected chi connectivity index (χ2v) is 7.64. The third kappa shape index (κ3) is 7.18. The highest BCUT2D eigenvalue weighted by molar-refractivity contribution is 5.68. The normalized spacial score (nSPS) is 11.2. The maximum atomic E-state index is 11.7. The second-order valence-electron chi connectivity index (χ2n) is 7.64. The summed E-state index contributed by atoms with van der Waals surface area (Å²) in [5, 5.41) is 22.1. The van der Waals surface area contributed by atoms with Crippen molar-refractivity contribution in [2.24, 2.45) is 4.99 Å². The fraction of sp³-hybridized carbons (Fsp3) is 0.400. The summed E-state index contributed by atoms with van der Waals surface area (Å²) in [6.45, 7) is 6.35. The van der Waals surface area contributed by atoms with Gasteiger partial charge in [-0.3, -0.25) is 5.10 Å². The molecule has 0 aliphatic rings. The fourth-order valence-electron chi connectivity index (χ4n) is 2.28. The molecule has 154 valence electrons. The van der Waals surface area contributed by atoms with Crippen LogP contribution in [0.5, 0.6) is 0 Å². The molecule has 1 aromatic carbocycles. The van der Waals surface area contributed by atoms with E-state index in [9.17, 15) is 10.1 Å². The van der Waals surface area contributed by atoms with E-state index in [4.69, 9.17) is 4.74 Å². The molecule has 0 unspecified atom stereocenters. The summed E-state index contributed by atoms with van der Waals surface area (Å²) in [7, 11) is 3.69. The zero-order valence-electron chi connectivity index (χ0n) is 17.4. The van der Waals surface area contributed by atoms with Crippen LogP contribution in [0.25, 0.3) is 0 Å². The van der Waals surface area contributed by atoms with Crippen molar-refractivity contribution in [1.82, 2.24) is 20.4 Å². The maximum Gasteiger partial charge on any atom is 0.407 e. The van der Waals surface area contributed by atoms with Crippen molar-refractivity contribution in [3.8, 4) is 6.07 Å². The van der Waals surface area contributed by atoms with Crippen LogP contribution in [0.15, 0.2) is 29.3 Å². The topological polar surface area (TPSA) is 118 Å². The summed E-state index contributed by atoms with van der Waals surface area (Å²) in [4.78, 5) is 17.7. The molecule has 0 aliphatic carbocycles. The first-order valence-electron chi connectivity index (χ1n) is 9.15. The Kier molecular flexibility index (Phi) is 7.20. The van der Waals surface area contributed by atoms with Crippen LogP contribution in [0, 0.1) is 11.3 Å². The zero-order chi connectivity index (χ0) is 21.4. The van der Waals surface area contributed by atoms with E-state index in [1.807, 2.05) is 59.1 Å². The summed E-state index contributed by atoms with van der Waals surface area (Å²) in [5.74, 6) is 0.862. The number of aromatic amines is 1. The number of H-pyrrole nitrogens is 1. The lowest BCUT2D eigenvalue weighted by molar-refractivity contribution is 0.0523. The van der Waals surface area contributed by atoms with Gasteiger partial charge in [0.1, 0.15) is 17.2 Å². The minimum Gasteiger partial charge on any atom is -0.444 e. The maximum absolute atomic E-state index is 11.7. The lowest BCUT2D eigenvalue weighted by Crippen LogP contribution is -2.32. The third-order valence-corrected chi connectivity index (χ3v) is 3.60. The van der Waals surface area contributed by atoms with Gasteiger partial charge in [-0.1, -0.05) is 24.3 Å². The van der Waals surface area contributed by atoms with E-state index in [1.54, 1.807) is 11.2 Å². The van der Waals surface area contributed by atoms with Crippen LogP contribution in [0.4, 0.5) is 16.4 Å². The van der Waals surface area contributed by atoms with E-state index in [-0.39, 0.29) is 0 Å². The molecule has 9 heteroatoms. The Hall–Kier alpha value is -3.54. The Morgan fingerprint density at radius 2 is 1.90 bits per heavy atom. The van der Waals surface area contributed by atoms with Gasteiger partial charge in [0.15, 0.2) is 11.6 Å². The smallest absolute Gasteiger partial charge is 0.407 e. The van der Waals surface area contributed by atoms with E-state index in [2.05, 4.69) is 31.9 Å². The molecular weight excluding hydrogens is 370 g/mol. The quantitative estimate of drug-likeness (QED) is 0.488. The van der Waals surface area contributed by atoms with Crippen molar-refractivity contribution >= 4 is 24.1 Å². The number of nitriles is 1. The minimum absolute atomic E-state index is 0.362. The van der Waals surface area contributed by atoms with Crippen molar-refractivity contribution in [3.63, 3.8) is 0 Å². The van der Waals surface area contributed by atoms with Gasteiger partial charge in [-0.15, -0.1) is 0 Å². The first-order chi connectivity index (χ1) is 13.7. The van der Waals surface area contributed by atoms with Gasteiger partial charge in [0.25, 0.3) is 0 Å². The van der Waals surface area contributed by atoms with Gasteiger partial charge >= 0.3 is 6.09 Å². The van der Waals surface area contributed by atoms with Crippen LogP contribution in [-0.2, 0) is 17.8 Å². The molecule has 0 spiro atoms. The number of nitrogens with zero attached hydrogens (tertiary/aromatic N) is 4. The molecule has 29 heavy (non-hydrogen) atoms. The monoisotopic (exact) mass is 397 g/mol. The third-order valence-electron chi connectivity index (χ3n) is 3.60. The van der Waals surface area contributed by atoms with Crippen molar-refractivity contribution in [2.75, 3.05) is 19.4 Å². The Morgan fingerprint density at radius 3 is 2.45 bits per heavy atom. The SMILES string of the molecule is CN(C)C=Nc1[nH]nc(NCc2ccc(CNC(=O)OC(C)(C)C)cc2)c1C#N. The van der Waals surface area contributed by atoms with Crippen LogP contribution in [0.2, 0.25) is 0 Å². The van der Waals surface area contributed by atoms with E-state index in [1.165, 1.54) is 0 Å². The van der Waals surface area contributed by atoms with Crippen molar-refractivity contribution < 1.29 is 9.53 Å². The predicted molar refractivity (Wildman–Crippen MR) is 112 cm³/mol. The van der Waals surface area contributed by atoms with Gasteiger partial charge < -0.3 is 20.3 Å². The molecule has 9 nitrogen and oxygen atoms in total. The number of aromatic nitrogens is 2. The molecule has 0 saturated heterocycles. The van der Waals surface area contributed by atoms with Crippen molar-refractivity contribution in [3.05, 3.63) is 41.0 Å².